The van der Waals surface area contributed by atoms with E-state index in [1.165, 1.54) is 4.68 Å². The average molecular weight is 493 g/mol. The van der Waals surface area contributed by atoms with Crippen LogP contribution in [0.2, 0.25) is 5.02 Å². The molecule has 3 rings (SSSR count). The third kappa shape index (κ3) is 4.52. The molecule has 0 aliphatic rings. The van der Waals surface area contributed by atoms with Crippen LogP contribution >= 0.6 is 27.5 Å². The van der Waals surface area contributed by atoms with Crippen LogP contribution in [0.25, 0.3) is 10.9 Å². The number of fused-ring (bicyclic) bond motifs is 1. The lowest BCUT2D eigenvalue weighted by molar-refractivity contribution is 0.310. The molecule has 158 valence electrons. The Morgan fingerprint density at radius 2 is 2.07 bits per heavy atom. The van der Waals surface area contributed by atoms with E-state index in [9.17, 15) is 4.79 Å². The maximum absolute atomic E-state index is 13.3. The lowest BCUT2D eigenvalue weighted by atomic mass is 10.1. The van der Waals surface area contributed by atoms with Crippen LogP contribution in [-0.2, 0) is 0 Å². The van der Waals surface area contributed by atoms with Crippen LogP contribution in [0.15, 0.2) is 44.7 Å². The topological polar surface area (TPSA) is 65.7 Å². The molecule has 0 fully saturated rings. The SMILES string of the molecule is CCOc1c(C=Nn2c([C@@H](C)CC)nc3ccc(Br)cc3c2=O)cc(Cl)cc1OC. The first kappa shape index (κ1) is 22.3. The lowest BCUT2D eigenvalue weighted by Gasteiger charge is -2.15. The molecule has 1 atom stereocenters. The Kier molecular flexibility index (Phi) is 7.15. The van der Waals surface area contributed by atoms with Gasteiger partial charge in [0.05, 0.1) is 30.8 Å². The van der Waals surface area contributed by atoms with Crippen molar-refractivity contribution in [1.29, 1.82) is 0 Å². The summed E-state index contributed by atoms with van der Waals surface area (Å²) in [5.74, 6) is 1.66. The van der Waals surface area contributed by atoms with Crippen LogP contribution in [0, 0.1) is 0 Å². The maximum atomic E-state index is 13.3. The number of benzene rings is 2. The number of nitrogens with zero attached hydrogens (tertiary/aromatic N) is 3. The molecule has 0 bridgehead atoms. The van der Waals surface area contributed by atoms with Crippen molar-refractivity contribution in [1.82, 2.24) is 9.66 Å². The van der Waals surface area contributed by atoms with Gasteiger partial charge < -0.3 is 9.47 Å². The normalized spacial score (nSPS) is 12.5. The first-order valence-corrected chi connectivity index (χ1v) is 10.8. The second-order valence-electron chi connectivity index (χ2n) is 6.76. The highest BCUT2D eigenvalue weighted by Crippen LogP contribution is 2.34. The first-order chi connectivity index (χ1) is 14.4. The third-order valence-corrected chi connectivity index (χ3v) is 5.47. The predicted octanol–water partition coefficient (Wildman–Crippen LogP) is 5.62. The summed E-state index contributed by atoms with van der Waals surface area (Å²) in [5, 5.41) is 5.46. The molecule has 0 amide bonds. The van der Waals surface area contributed by atoms with Gasteiger partial charge in [0.2, 0.25) is 0 Å². The molecule has 0 saturated heterocycles. The smallest absolute Gasteiger partial charge is 0.282 e. The lowest BCUT2D eigenvalue weighted by Crippen LogP contribution is -2.23. The molecule has 0 aliphatic heterocycles. The van der Waals surface area contributed by atoms with Gasteiger partial charge in [-0.25, -0.2) is 4.98 Å². The Balaban J connectivity index is 2.22. The summed E-state index contributed by atoms with van der Waals surface area (Å²) in [7, 11) is 1.55. The van der Waals surface area contributed by atoms with Gasteiger partial charge in [-0.3, -0.25) is 4.79 Å². The number of hydrogen-bond acceptors (Lipinski definition) is 5. The zero-order valence-electron chi connectivity index (χ0n) is 17.3. The Morgan fingerprint density at radius 1 is 1.30 bits per heavy atom. The summed E-state index contributed by atoms with van der Waals surface area (Å²) in [6.07, 6.45) is 2.37. The number of halogens is 2. The van der Waals surface area contributed by atoms with Gasteiger partial charge in [0.25, 0.3) is 5.56 Å². The van der Waals surface area contributed by atoms with Gasteiger partial charge in [0, 0.05) is 27.0 Å². The quantitative estimate of drug-likeness (QED) is 0.402. The molecule has 6 nitrogen and oxygen atoms in total. The number of ether oxygens (including phenoxy) is 2. The van der Waals surface area contributed by atoms with E-state index in [0.717, 1.165) is 10.9 Å². The summed E-state index contributed by atoms with van der Waals surface area (Å²) >= 11 is 9.65. The zero-order valence-corrected chi connectivity index (χ0v) is 19.6. The molecule has 8 heteroatoms. The van der Waals surface area contributed by atoms with E-state index >= 15 is 0 Å². The van der Waals surface area contributed by atoms with Crippen molar-refractivity contribution >= 4 is 44.6 Å². The number of rotatable bonds is 7. The van der Waals surface area contributed by atoms with E-state index in [-0.39, 0.29) is 11.5 Å². The third-order valence-electron chi connectivity index (χ3n) is 4.76. The van der Waals surface area contributed by atoms with Crippen LogP contribution < -0.4 is 15.0 Å². The molecule has 0 aliphatic carbocycles. The Bertz CT molecular complexity index is 1160. The van der Waals surface area contributed by atoms with Gasteiger partial charge in [0.1, 0.15) is 5.82 Å². The first-order valence-electron chi connectivity index (χ1n) is 9.66. The van der Waals surface area contributed by atoms with Gasteiger partial charge in [-0.1, -0.05) is 41.4 Å². The minimum Gasteiger partial charge on any atom is -0.493 e. The van der Waals surface area contributed by atoms with Crippen molar-refractivity contribution in [2.24, 2.45) is 5.10 Å². The van der Waals surface area contributed by atoms with Gasteiger partial charge in [-0.05, 0) is 37.6 Å². The van der Waals surface area contributed by atoms with Crippen molar-refractivity contribution in [3.63, 3.8) is 0 Å². The van der Waals surface area contributed by atoms with Gasteiger partial charge >= 0.3 is 0 Å². The fourth-order valence-corrected chi connectivity index (χ4v) is 3.61. The summed E-state index contributed by atoms with van der Waals surface area (Å²) in [4.78, 5) is 18.0. The molecule has 3 aromatic rings. The summed E-state index contributed by atoms with van der Waals surface area (Å²) in [5.41, 5.74) is 1.02. The monoisotopic (exact) mass is 491 g/mol. The van der Waals surface area contributed by atoms with Crippen molar-refractivity contribution in [2.75, 3.05) is 13.7 Å². The van der Waals surface area contributed by atoms with Crippen molar-refractivity contribution in [3.8, 4) is 11.5 Å². The number of aromatic nitrogens is 2. The number of hydrogen-bond donors (Lipinski definition) is 0. The average Bonchev–Trinajstić information content (AvgIpc) is 2.74. The highest BCUT2D eigenvalue weighted by Gasteiger charge is 2.16. The summed E-state index contributed by atoms with van der Waals surface area (Å²) in [6.45, 7) is 6.40. The van der Waals surface area contributed by atoms with E-state index in [1.807, 2.05) is 32.9 Å². The molecule has 0 unspecified atom stereocenters. The van der Waals surface area contributed by atoms with Gasteiger partial charge in [-0.2, -0.15) is 9.78 Å². The standard InChI is InChI=1S/C22H23BrClN3O3/c1-5-13(3)21-26-18-8-7-15(23)10-17(18)22(28)27(21)25-12-14-9-16(24)11-19(29-4)20(14)30-6-2/h7-13H,5-6H2,1-4H3/t13-/m0/s1. The minimum absolute atomic E-state index is 0.0446. The van der Waals surface area contributed by atoms with Crippen LogP contribution in [0.1, 0.15) is 44.5 Å². The maximum Gasteiger partial charge on any atom is 0.282 e. The van der Waals surface area contributed by atoms with E-state index < -0.39 is 0 Å². The molecule has 0 N–H and O–H groups in total. The van der Waals surface area contributed by atoms with E-state index in [2.05, 4.69) is 21.0 Å². The molecule has 1 aromatic heterocycles. The molecule has 1 heterocycles. The largest absolute Gasteiger partial charge is 0.493 e. The second kappa shape index (κ2) is 9.62. The van der Waals surface area contributed by atoms with E-state index in [0.29, 0.717) is 45.4 Å². The van der Waals surface area contributed by atoms with E-state index in [4.69, 9.17) is 26.1 Å². The minimum atomic E-state index is -0.236. The van der Waals surface area contributed by atoms with Gasteiger partial charge in [-0.15, -0.1) is 0 Å². The Morgan fingerprint density at radius 3 is 2.73 bits per heavy atom. The van der Waals surface area contributed by atoms with Crippen LogP contribution in [0.5, 0.6) is 11.5 Å². The summed E-state index contributed by atoms with van der Waals surface area (Å²) in [6, 6.07) is 8.85. The second-order valence-corrected chi connectivity index (χ2v) is 8.11. The van der Waals surface area contributed by atoms with Crippen molar-refractivity contribution < 1.29 is 9.47 Å². The molecule has 2 aromatic carbocycles. The zero-order chi connectivity index (χ0) is 21.8. The number of methoxy groups -OCH3 is 1. The molecule has 30 heavy (non-hydrogen) atoms. The van der Waals surface area contributed by atoms with Crippen LogP contribution in [0.4, 0.5) is 0 Å². The predicted molar refractivity (Wildman–Crippen MR) is 125 cm³/mol. The van der Waals surface area contributed by atoms with Crippen molar-refractivity contribution in [3.05, 3.63) is 61.6 Å². The van der Waals surface area contributed by atoms with Crippen LogP contribution in [-0.4, -0.2) is 29.6 Å². The molecule has 0 saturated carbocycles. The van der Waals surface area contributed by atoms with Crippen molar-refractivity contribution in [2.45, 2.75) is 33.1 Å². The fraction of sp³-hybridized carbons (Fsp3) is 0.318. The molecule has 0 radical (unpaired) electrons. The van der Waals surface area contributed by atoms with Crippen LogP contribution in [0.3, 0.4) is 0 Å². The Hall–Kier alpha value is -2.38. The highest BCUT2D eigenvalue weighted by atomic mass is 79.9. The summed E-state index contributed by atoms with van der Waals surface area (Å²) < 4.78 is 13.3. The molecular weight excluding hydrogens is 470 g/mol. The fourth-order valence-electron chi connectivity index (χ4n) is 3.03. The molecular formula is C22H23BrClN3O3. The van der Waals surface area contributed by atoms with Gasteiger partial charge in [0.15, 0.2) is 11.5 Å². The Labute approximate surface area is 188 Å². The highest BCUT2D eigenvalue weighted by molar-refractivity contribution is 9.10. The molecule has 0 spiro atoms. The van der Waals surface area contributed by atoms with E-state index in [1.54, 1.807) is 31.5 Å².